The molecule has 52 heavy (non-hydrogen) atoms. The number of nitrogens with zero attached hydrogens (tertiary/aromatic N) is 2. The maximum absolute atomic E-state index is 12.5. The lowest BCUT2D eigenvalue weighted by Crippen LogP contribution is -2.28. The summed E-state index contributed by atoms with van der Waals surface area (Å²) in [7, 11) is 1.97. The lowest BCUT2D eigenvalue weighted by atomic mass is 9.90. The van der Waals surface area contributed by atoms with E-state index in [1.165, 1.54) is 30.3 Å². The average molecular weight is 725 g/mol. The molecule has 0 atom stereocenters. The topological polar surface area (TPSA) is 193 Å². The third-order valence-corrected chi connectivity index (χ3v) is 8.41. The van der Waals surface area contributed by atoms with Gasteiger partial charge in [0.05, 0.1) is 5.56 Å². The number of nitrogens with one attached hydrogen (secondary N) is 2. The number of thiocarbonyl (C=S) groups is 1. The molecule has 1 aliphatic carbocycles. The number of carbonyl (C=O) groups excluding carboxylic acids is 1. The first kappa shape index (κ1) is 37.2. The number of phenolic OH excluding ortho intramolecular Hbond substituents is 1. The van der Waals surface area contributed by atoms with E-state index < -0.39 is 17.8 Å². The van der Waals surface area contributed by atoms with Crippen LogP contribution in [0.4, 0.5) is 5.69 Å². The number of aliphatic carboxylic acids is 1. The van der Waals surface area contributed by atoms with Gasteiger partial charge in [-0.3, -0.25) is 14.8 Å². The fraction of sp³-hybridized carbons (Fsp3) is 0.184. The van der Waals surface area contributed by atoms with Gasteiger partial charge in [0.25, 0.3) is 5.91 Å². The normalized spacial score (nSPS) is 11.3. The molecule has 0 spiro atoms. The van der Waals surface area contributed by atoms with Gasteiger partial charge >= 0.3 is 11.9 Å². The number of hydrogen-bond acceptors (Lipinski definition) is 9. The molecule has 6 N–H and O–H groups in total. The highest BCUT2D eigenvalue weighted by molar-refractivity contribution is 7.80. The third-order valence-electron chi connectivity index (χ3n) is 8.17. The number of carbonyl (C=O) groups is 3. The van der Waals surface area contributed by atoms with Crippen molar-refractivity contribution in [3.63, 3.8) is 0 Å². The quantitative estimate of drug-likeness (QED) is 0.0210. The minimum atomic E-state index is -1.26. The summed E-state index contributed by atoms with van der Waals surface area (Å²) >= 11 is 5.50. The summed E-state index contributed by atoms with van der Waals surface area (Å²) in [4.78, 5) is 48.9. The summed E-state index contributed by atoms with van der Waals surface area (Å²) in [5, 5.41) is 46.2. The Morgan fingerprint density at radius 2 is 1.58 bits per heavy atom. The zero-order valence-corrected chi connectivity index (χ0v) is 28.9. The fourth-order valence-corrected chi connectivity index (χ4v) is 5.85. The van der Waals surface area contributed by atoms with Crippen molar-refractivity contribution in [3.8, 4) is 28.2 Å². The first-order valence-corrected chi connectivity index (χ1v) is 16.6. The second-order valence-corrected chi connectivity index (χ2v) is 12.5. The smallest absolute Gasteiger partial charge is 0.336 e. The second-order valence-electron chi connectivity index (χ2n) is 12.1. The fourth-order valence-electron chi connectivity index (χ4n) is 5.66. The maximum Gasteiger partial charge on any atom is 0.336 e. The van der Waals surface area contributed by atoms with Crippen LogP contribution in [0.5, 0.6) is 5.75 Å². The molecule has 0 saturated carbocycles. The molecule has 0 bridgehead atoms. The van der Waals surface area contributed by atoms with Crippen molar-refractivity contribution < 1.29 is 39.3 Å². The van der Waals surface area contributed by atoms with Crippen molar-refractivity contribution in [1.29, 1.82) is 0 Å². The first-order valence-electron chi connectivity index (χ1n) is 16.2. The molecule has 0 aromatic heterocycles. The van der Waals surface area contributed by atoms with Crippen LogP contribution in [-0.2, 0) is 22.7 Å². The summed E-state index contributed by atoms with van der Waals surface area (Å²) in [5.74, 6) is -2.98. The number of hydroxylamine groups is 2. The number of aromatic hydroxyl groups is 1. The molecule has 268 valence electrons. The first-order chi connectivity index (χ1) is 24.9. The largest absolute Gasteiger partial charge is 0.508 e. The molecule has 1 aliphatic heterocycles. The molecule has 13 nitrogen and oxygen atoms in total. The van der Waals surface area contributed by atoms with Gasteiger partial charge in [-0.1, -0.05) is 30.3 Å². The molecule has 1 amide bonds. The van der Waals surface area contributed by atoms with Gasteiger partial charge in [-0.2, -0.15) is 0 Å². The van der Waals surface area contributed by atoms with E-state index in [1.807, 2.05) is 31.3 Å². The molecule has 0 unspecified atom stereocenters. The number of unbranched alkanes of at least 4 members (excludes halogenated alkanes) is 1. The van der Waals surface area contributed by atoms with E-state index in [-0.39, 0.29) is 29.0 Å². The lowest BCUT2D eigenvalue weighted by molar-refractivity contribution is -0.159. The van der Waals surface area contributed by atoms with Crippen LogP contribution in [0.2, 0.25) is 0 Å². The van der Waals surface area contributed by atoms with E-state index >= 15 is 0 Å². The van der Waals surface area contributed by atoms with Gasteiger partial charge in [0, 0.05) is 66.1 Å². The molecule has 2 aliphatic rings. The Kier molecular flexibility index (Phi) is 12.0. The van der Waals surface area contributed by atoms with E-state index in [4.69, 9.17) is 21.7 Å². The molecule has 0 radical (unpaired) electrons. The number of carboxylic acid groups (broad SMARTS) is 2. The molecule has 1 heterocycles. The predicted octanol–water partition coefficient (Wildman–Crippen LogP) is 5.53. The molecule has 0 saturated heterocycles. The minimum absolute atomic E-state index is 0.00249. The monoisotopic (exact) mass is 724 g/mol. The van der Waals surface area contributed by atoms with Gasteiger partial charge in [-0.15, -0.1) is 0 Å². The highest BCUT2D eigenvalue weighted by Crippen LogP contribution is 2.42. The predicted molar refractivity (Wildman–Crippen MR) is 199 cm³/mol. The Morgan fingerprint density at radius 1 is 0.865 bits per heavy atom. The summed E-state index contributed by atoms with van der Waals surface area (Å²) in [6.45, 7) is 1.92. The minimum Gasteiger partial charge on any atom is -0.508 e. The van der Waals surface area contributed by atoms with Crippen LogP contribution in [0.1, 0.15) is 34.3 Å². The number of aromatic carboxylic acids is 1. The summed E-state index contributed by atoms with van der Waals surface area (Å²) in [5.41, 5.74) is 4.03. The molecule has 3 aromatic carbocycles. The van der Waals surface area contributed by atoms with Crippen molar-refractivity contribution >= 4 is 51.8 Å². The molecule has 3 aromatic rings. The molecule has 0 fully saturated rings. The zero-order chi connectivity index (χ0) is 37.4. The van der Waals surface area contributed by atoms with Gasteiger partial charge in [0.2, 0.25) is 0 Å². The molecule has 5 rings (SSSR count). The SMILES string of the molecule is CN(CCCCN(O)C(=O)/C=C/C(=O)O)Cc1ccc(CNC(=S)Nc2ccc(-c3c4ccc(=O)cc-4oc4cc(O)ccc34)c(C(=O)O)c2)cc1. The Balaban J connectivity index is 1.17. The van der Waals surface area contributed by atoms with E-state index in [9.17, 15) is 34.6 Å². The van der Waals surface area contributed by atoms with Gasteiger partial charge in [0.1, 0.15) is 17.1 Å². The van der Waals surface area contributed by atoms with E-state index in [1.54, 1.807) is 24.3 Å². The van der Waals surface area contributed by atoms with Crippen LogP contribution < -0.4 is 16.1 Å². The number of phenols is 1. The summed E-state index contributed by atoms with van der Waals surface area (Å²) in [6.07, 6.45) is 2.75. The van der Waals surface area contributed by atoms with Crippen LogP contribution in [0, 0.1) is 0 Å². The molecule has 14 heteroatoms. The average Bonchev–Trinajstić information content (AvgIpc) is 3.10. The standard InChI is InChI=1S/C38H36N4O9S/c1-41(16-2-3-17-42(50)34(45)14-15-35(46)47)22-24-6-4-23(5-7-24)21-39-38(52)40-25-8-11-28(31(18-25)37(48)49)36-29-12-9-26(43)19-32(29)51-33-20-27(44)10-13-30(33)36/h4-15,18-20,43,50H,2-3,16-17,21-22H2,1H3,(H,46,47)(H,48,49)(H2,39,40,52)/b15-14+. The zero-order valence-electron chi connectivity index (χ0n) is 28.0. The van der Waals surface area contributed by atoms with Gasteiger partial charge in [-0.05, 0) is 91.7 Å². The van der Waals surface area contributed by atoms with Crippen LogP contribution in [-0.4, -0.2) is 73.6 Å². The Labute approximate surface area is 303 Å². The van der Waals surface area contributed by atoms with Crippen molar-refractivity contribution in [3.05, 3.63) is 118 Å². The van der Waals surface area contributed by atoms with Crippen molar-refractivity contribution in [2.24, 2.45) is 0 Å². The maximum atomic E-state index is 12.5. The summed E-state index contributed by atoms with van der Waals surface area (Å²) in [6, 6.07) is 21.7. The number of amides is 1. The number of anilines is 1. The summed E-state index contributed by atoms with van der Waals surface area (Å²) < 4.78 is 5.90. The lowest BCUT2D eigenvalue weighted by Gasteiger charge is -2.18. The van der Waals surface area contributed by atoms with Gasteiger partial charge in [-0.25, -0.2) is 14.7 Å². The molecular formula is C38H36N4O9S. The Morgan fingerprint density at radius 3 is 2.31 bits per heavy atom. The number of carboxylic acids is 2. The van der Waals surface area contributed by atoms with E-state index in [0.29, 0.717) is 69.1 Å². The van der Waals surface area contributed by atoms with Crippen LogP contribution in [0.3, 0.4) is 0 Å². The van der Waals surface area contributed by atoms with Crippen molar-refractivity contribution in [2.45, 2.75) is 25.9 Å². The Bertz CT molecular complexity index is 2180. The number of fused-ring (bicyclic) bond motifs is 2. The van der Waals surface area contributed by atoms with Gasteiger partial charge in [0.15, 0.2) is 10.5 Å². The highest BCUT2D eigenvalue weighted by Gasteiger charge is 2.22. The van der Waals surface area contributed by atoms with Crippen molar-refractivity contribution in [2.75, 3.05) is 25.5 Å². The number of benzene rings is 4. The van der Waals surface area contributed by atoms with Crippen LogP contribution in [0.15, 0.2) is 100 Å². The van der Waals surface area contributed by atoms with Gasteiger partial charge < -0.3 is 35.3 Å². The van der Waals surface area contributed by atoms with E-state index in [0.717, 1.165) is 30.2 Å². The molecular weight excluding hydrogens is 689 g/mol. The Hall–Kier alpha value is -6.09. The van der Waals surface area contributed by atoms with E-state index in [2.05, 4.69) is 15.5 Å². The van der Waals surface area contributed by atoms with Crippen molar-refractivity contribution in [1.82, 2.24) is 15.3 Å². The second kappa shape index (κ2) is 16.7. The van der Waals surface area contributed by atoms with Crippen LogP contribution in [0.25, 0.3) is 33.4 Å². The highest BCUT2D eigenvalue weighted by atomic mass is 32.1. The number of hydrogen-bond donors (Lipinski definition) is 6. The van der Waals surface area contributed by atoms with Crippen LogP contribution >= 0.6 is 12.2 Å². The number of rotatable bonds is 14. The third kappa shape index (κ3) is 9.57.